The van der Waals surface area contributed by atoms with Crippen LogP contribution in [0.1, 0.15) is 18.4 Å². The van der Waals surface area contributed by atoms with Crippen LogP contribution in [0, 0.1) is 6.92 Å². The molecule has 1 aliphatic rings. The Bertz CT molecular complexity index is 391. The molecule has 1 heterocycles. The van der Waals surface area contributed by atoms with Crippen molar-refractivity contribution in [2.75, 3.05) is 31.5 Å². The normalized spacial score (nSPS) is 17.9. The Morgan fingerprint density at radius 2 is 2.11 bits per heavy atom. The van der Waals surface area contributed by atoms with Crippen LogP contribution in [0.25, 0.3) is 0 Å². The third-order valence-corrected chi connectivity index (χ3v) is 4.44. The lowest BCUT2D eigenvalue weighted by Crippen LogP contribution is -2.34. The molecule has 1 aromatic carbocycles. The monoisotopic (exact) mass is 312 g/mol. The van der Waals surface area contributed by atoms with Crippen LogP contribution in [0.15, 0.2) is 22.7 Å². The van der Waals surface area contributed by atoms with Crippen molar-refractivity contribution in [3.63, 3.8) is 0 Å². The van der Waals surface area contributed by atoms with Crippen molar-refractivity contribution in [1.82, 2.24) is 4.90 Å². The number of hydrogen-bond acceptors (Lipinski definition) is 3. The molecule has 4 heteroatoms. The summed E-state index contributed by atoms with van der Waals surface area (Å²) in [4.78, 5) is 2.33. The van der Waals surface area contributed by atoms with Gasteiger partial charge in [-0.1, -0.05) is 12.1 Å². The molecule has 0 bridgehead atoms. The van der Waals surface area contributed by atoms with Crippen LogP contribution < -0.4 is 5.32 Å². The van der Waals surface area contributed by atoms with Gasteiger partial charge in [-0.05, 0) is 60.4 Å². The molecule has 1 unspecified atom stereocenters. The number of aryl methyl sites for hydroxylation is 1. The molecule has 1 aromatic rings. The Morgan fingerprint density at radius 3 is 2.83 bits per heavy atom. The zero-order chi connectivity index (χ0) is 13.0. The first kappa shape index (κ1) is 13.8. The molecule has 0 radical (unpaired) electrons. The third-order valence-electron chi connectivity index (χ3n) is 3.39. The number of aliphatic hydroxyl groups excluding tert-OH is 1. The molecule has 0 aromatic heterocycles. The zero-order valence-corrected chi connectivity index (χ0v) is 12.4. The minimum Gasteiger partial charge on any atom is -0.390 e. The number of aliphatic hydroxyl groups is 1. The molecule has 1 fully saturated rings. The highest BCUT2D eigenvalue weighted by Gasteiger charge is 2.15. The lowest BCUT2D eigenvalue weighted by Gasteiger charge is -2.20. The molecule has 0 saturated carbocycles. The largest absolute Gasteiger partial charge is 0.390 e. The Hall–Kier alpha value is -0.580. The molecule has 0 amide bonds. The number of halogens is 1. The van der Waals surface area contributed by atoms with Crippen LogP contribution in [0.4, 0.5) is 5.69 Å². The van der Waals surface area contributed by atoms with E-state index in [0.717, 1.165) is 29.8 Å². The molecule has 1 atom stereocenters. The molecule has 3 nitrogen and oxygen atoms in total. The maximum Gasteiger partial charge on any atom is 0.0839 e. The summed E-state index contributed by atoms with van der Waals surface area (Å²) in [6, 6.07) is 6.12. The molecule has 100 valence electrons. The summed E-state index contributed by atoms with van der Waals surface area (Å²) >= 11 is 3.56. The SMILES string of the molecule is Cc1cccc(NCC(O)CN2CCCC2)c1Br. The van der Waals surface area contributed by atoms with Crippen molar-refractivity contribution in [2.45, 2.75) is 25.9 Å². The lowest BCUT2D eigenvalue weighted by atomic mass is 10.2. The van der Waals surface area contributed by atoms with Crippen LogP contribution in [0.5, 0.6) is 0 Å². The van der Waals surface area contributed by atoms with Gasteiger partial charge >= 0.3 is 0 Å². The van der Waals surface area contributed by atoms with E-state index >= 15 is 0 Å². The van der Waals surface area contributed by atoms with Crippen LogP contribution in [0.3, 0.4) is 0 Å². The minimum atomic E-state index is -0.310. The van der Waals surface area contributed by atoms with Gasteiger partial charge in [0.15, 0.2) is 0 Å². The van der Waals surface area contributed by atoms with E-state index in [1.807, 2.05) is 12.1 Å². The summed E-state index contributed by atoms with van der Waals surface area (Å²) in [6.07, 6.45) is 2.23. The van der Waals surface area contributed by atoms with Crippen LogP contribution in [-0.2, 0) is 0 Å². The van der Waals surface area contributed by atoms with Gasteiger partial charge in [0.2, 0.25) is 0 Å². The minimum absolute atomic E-state index is 0.310. The zero-order valence-electron chi connectivity index (χ0n) is 10.8. The van der Waals surface area contributed by atoms with Gasteiger partial charge in [-0.2, -0.15) is 0 Å². The maximum atomic E-state index is 10.0. The van der Waals surface area contributed by atoms with Gasteiger partial charge in [0.25, 0.3) is 0 Å². The van der Waals surface area contributed by atoms with Gasteiger partial charge in [-0.3, -0.25) is 0 Å². The number of benzene rings is 1. The van der Waals surface area contributed by atoms with Crippen molar-refractivity contribution < 1.29 is 5.11 Å². The predicted octanol–water partition coefficient (Wildman–Crippen LogP) is 2.63. The van der Waals surface area contributed by atoms with Gasteiger partial charge in [0.05, 0.1) is 6.10 Å². The van der Waals surface area contributed by atoms with Crippen molar-refractivity contribution in [3.8, 4) is 0 Å². The summed E-state index contributed by atoms with van der Waals surface area (Å²) in [5.74, 6) is 0. The number of anilines is 1. The first-order valence-electron chi connectivity index (χ1n) is 6.56. The highest BCUT2D eigenvalue weighted by Crippen LogP contribution is 2.25. The van der Waals surface area contributed by atoms with Crippen molar-refractivity contribution in [1.29, 1.82) is 0 Å². The van der Waals surface area contributed by atoms with Gasteiger partial charge in [0, 0.05) is 23.2 Å². The average Bonchev–Trinajstić information content (AvgIpc) is 2.84. The molecular formula is C14H21BrN2O. The van der Waals surface area contributed by atoms with Gasteiger partial charge in [-0.25, -0.2) is 0 Å². The summed E-state index contributed by atoms with van der Waals surface area (Å²) in [5.41, 5.74) is 2.25. The van der Waals surface area contributed by atoms with Crippen LogP contribution in [0.2, 0.25) is 0 Å². The summed E-state index contributed by atoms with van der Waals surface area (Å²) in [7, 11) is 0. The molecule has 2 N–H and O–H groups in total. The fraction of sp³-hybridized carbons (Fsp3) is 0.571. The second-order valence-electron chi connectivity index (χ2n) is 4.98. The Balaban J connectivity index is 1.81. The number of rotatable bonds is 5. The lowest BCUT2D eigenvalue weighted by molar-refractivity contribution is 0.135. The van der Waals surface area contributed by atoms with E-state index in [0.29, 0.717) is 6.54 Å². The Kier molecular flexibility index (Phi) is 5.03. The van der Waals surface area contributed by atoms with E-state index in [1.165, 1.54) is 18.4 Å². The van der Waals surface area contributed by atoms with Gasteiger partial charge in [0.1, 0.15) is 0 Å². The summed E-state index contributed by atoms with van der Waals surface area (Å²) in [5, 5.41) is 13.3. The number of likely N-dealkylation sites (tertiary alicyclic amines) is 1. The topological polar surface area (TPSA) is 35.5 Å². The molecule has 2 rings (SSSR count). The van der Waals surface area contributed by atoms with Gasteiger partial charge < -0.3 is 15.3 Å². The van der Waals surface area contributed by atoms with Crippen molar-refractivity contribution in [3.05, 3.63) is 28.2 Å². The Labute approximate surface area is 117 Å². The van der Waals surface area contributed by atoms with E-state index in [2.05, 4.69) is 39.1 Å². The average molecular weight is 313 g/mol. The highest BCUT2D eigenvalue weighted by atomic mass is 79.9. The third kappa shape index (κ3) is 3.70. The van der Waals surface area contributed by atoms with E-state index in [-0.39, 0.29) is 6.10 Å². The number of β-amino-alcohol motifs (C(OH)–C–C–N with tert-alkyl or cyclic N) is 1. The van der Waals surface area contributed by atoms with E-state index < -0.39 is 0 Å². The summed E-state index contributed by atoms with van der Waals surface area (Å²) < 4.78 is 1.08. The fourth-order valence-electron chi connectivity index (χ4n) is 2.34. The molecule has 0 spiro atoms. The van der Waals surface area contributed by atoms with Crippen LogP contribution >= 0.6 is 15.9 Å². The Morgan fingerprint density at radius 1 is 1.39 bits per heavy atom. The molecule has 18 heavy (non-hydrogen) atoms. The maximum absolute atomic E-state index is 10.0. The predicted molar refractivity (Wildman–Crippen MR) is 79.0 cm³/mol. The van der Waals surface area contributed by atoms with Gasteiger partial charge in [-0.15, -0.1) is 0 Å². The first-order valence-corrected chi connectivity index (χ1v) is 7.35. The van der Waals surface area contributed by atoms with E-state index in [4.69, 9.17) is 0 Å². The molecule has 1 saturated heterocycles. The molecule has 0 aliphatic carbocycles. The second kappa shape index (κ2) is 6.55. The number of hydrogen-bond donors (Lipinski definition) is 2. The van der Waals surface area contributed by atoms with Crippen molar-refractivity contribution in [2.24, 2.45) is 0 Å². The number of nitrogens with one attached hydrogen (secondary N) is 1. The standard InChI is InChI=1S/C14H21BrN2O/c1-11-5-4-6-13(14(11)15)16-9-12(18)10-17-7-2-3-8-17/h4-6,12,16,18H,2-3,7-10H2,1H3. The summed E-state index contributed by atoms with van der Waals surface area (Å²) in [6.45, 7) is 5.70. The molecule has 1 aliphatic heterocycles. The fourth-order valence-corrected chi connectivity index (χ4v) is 2.74. The van der Waals surface area contributed by atoms with Crippen LogP contribution in [-0.4, -0.2) is 42.3 Å². The highest BCUT2D eigenvalue weighted by molar-refractivity contribution is 9.10. The van der Waals surface area contributed by atoms with E-state index in [1.54, 1.807) is 0 Å². The van der Waals surface area contributed by atoms with Crippen molar-refractivity contribution >= 4 is 21.6 Å². The first-order chi connectivity index (χ1) is 8.66. The molecular weight excluding hydrogens is 292 g/mol. The number of nitrogens with zero attached hydrogens (tertiary/aromatic N) is 1. The quantitative estimate of drug-likeness (QED) is 0.877. The second-order valence-corrected chi connectivity index (χ2v) is 5.77. The smallest absolute Gasteiger partial charge is 0.0839 e. The van der Waals surface area contributed by atoms with E-state index in [9.17, 15) is 5.11 Å².